The Morgan fingerprint density at radius 2 is 1.63 bits per heavy atom. The van der Waals surface area contributed by atoms with E-state index in [1.54, 1.807) is 55.5 Å². The minimum atomic E-state index is -4.29. The predicted molar refractivity (Wildman–Crippen MR) is 169 cm³/mol. The Hall–Kier alpha value is -3.47. The van der Waals surface area contributed by atoms with Crippen molar-refractivity contribution in [3.8, 4) is 11.5 Å². The van der Waals surface area contributed by atoms with Crippen LogP contribution in [-0.2, 0) is 26.2 Å². The molecule has 0 saturated carbocycles. The second kappa shape index (κ2) is 15.3. The number of carbonyl (C=O) groups is 2. The SMILES string of the molecule is CC[C@H](C(=O)NCC(C)C)N(Cc1ccc(Cl)c(Cl)c1)C(=O)CN(c1cc(OC)ccc1OC)S(=O)(=O)c1ccccc1. The first-order valence-electron chi connectivity index (χ1n) is 13.7. The van der Waals surface area contributed by atoms with Gasteiger partial charge >= 0.3 is 0 Å². The van der Waals surface area contributed by atoms with Gasteiger partial charge in [0.25, 0.3) is 10.0 Å². The Balaban J connectivity index is 2.14. The summed E-state index contributed by atoms with van der Waals surface area (Å²) in [7, 11) is -1.43. The zero-order valence-corrected chi connectivity index (χ0v) is 27.2. The number of benzene rings is 3. The molecule has 0 heterocycles. The number of methoxy groups -OCH3 is 2. The summed E-state index contributed by atoms with van der Waals surface area (Å²) in [4.78, 5) is 29.0. The molecule has 0 saturated heterocycles. The van der Waals surface area contributed by atoms with Gasteiger partial charge in [0.15, 0.2) is 0 Å². The van der Waals surface area contributed by atoms with Crippen molar-refractivity contribution in [3.63, 3.8) is 0 Å². The highest BCUT2D eigenvalue weighted by Gasteiger charge is 2.35. The molecule has 0 aliphatic carbocycles. The van der Waals surface area contributed by atoms with Gasteiger partial charge in [-0.15, -0.1) is 0 Å². The van der Waals surface area contributed by atoms with E-state index < -0.39 is 28.5 Å². The Kier molecular flexibility index (Phi) is 12.1. The van der Waals surface area contributed by atoms with E-state index in [2.05, 4.69) is 5.32 Å². The van der Waals surface area contributed by atoms with Gasteiger partial charge in [0, 0.05) is 19.2 Å². The van der Waals surface area contributed by atoms with Crippen LogP contribution in [0.15, 0.2) is 71.6 Å². The minimum Gasteiger partial charge on any atom is -0.497 e. The van der Waals surface area contributed by atoms with Gasteiger partial charge in [-0.1, -0.05) is 68.2 Å². The molecule has 0 fully saturated rings. The van der Waals surface area contributed by atoms with Crippen molar-refractivity contribution in [2.75, 3.05) is 31.6 Å². The average molecular weight is 651 g/mol. The molecule has 9 nitrogen and oxygen atoms in total. The monoisotopic (exact) mass is 649 g/mol. The van der Waals surface area contributed by atoms with Crippen LogP contribution in [-0.4, -0.2) is 58.5 Å². The second-order valence-corrected chi connectivity index (χ2v) is 12.9. The van der Waals surface area contributed by atoms with Crippen LogP contribution in [0.4, 0.5) is 5.69 Å². The molecule has 3 aromatic carbocycles. The van der Waals surface area contributed by atoms with Crippen LogP contribution < -0.4 is 19.1 Å². The van der Waals surface area contributed by atoms with E-state index in [0.29, 0.717) is 27.9 Å². The van der Waals surface area contributed by atoms with Gasteiger partial charge < -0.3 is 19.7 Å². The van der Waals surface area contributed by atoms with E-state index >= 15 is 0 Å². The van der Waals surface area contributed by atoms with Crippen molar-refractivity contribution in [2.45, 2.75) is 44.7 Å². The maximum atomic E-state index is 14.3. The number of amides is 2. The highest BCUT2D eigenvalue weighted by molar-refractivity contribution is 7.92. The molecule has 0 spiro atoms. The van der Waals surface area contributed by atoms with E-state index in [4.69, 9.17) is 32.7 Å². The lowest BCUT2D eigenvalue weighted by molar-refractivity contribution is -0.140. The summed E-state index contributed by atoms with van der Waals surface area (Å²) < 4.78 is 40.0. The molecule has 0 aromatic heterocycles. The molecule has 0 unspecified atom stereocenters. The van der Waals surface area contributed by atoms with Crippen molar-refractivity contribution in [2.24, 2.45) is 5.92 Å². The standard InChI is InChI=1S/C31H37Cl2N3O6S/c1-6-27(31(38)34-18-21(2)3)35(19-22-12-14-25(32)26(33)16-22)30(37)20-36(43(39,40)24-10-8-7-9-11-24)28-17-23(41-4)13-15-29(28)42-5/h7-17,21,27H,6,18-20H2,1-5H3,(H,34,38)/t27-/m1/s1. The van der Waals surface area contributed by atoms with Crippen molar-refractivity contribution in [1.29, 1.82) is 0 Å². The molecule has 3 rings (SSSR count). The van der Waals surface area contributed by atoms with E-state index in [9.17, 15) is 18.0 Å². The molecule has 1 N–H and O–H groups in total. The summed E-state index contributed by atoms with van der Waals surface area (Å²) in [5.41, 5.74) is 0.722. The number of hydrogen-bond acceptors (Lipinski definition) is 6. The van der Waals surface area contributed by atoms with Gasteiger partial charge in [0.1, 0.15) is 24.1 Å². The number of carbonyl (C=O) groups excluding carboxylic acids is 2. The number of nitrogens with one attached hydrogen (secondary N) is 1. The summed E-state index contributed by atoms with van der Waals surface area (Å²) in [5.74, 6) is -0.190. The Labute approximate surface area is 263 Å². The van der Waals surface area contributed by atoms with Gasteiger partial charge in [-0.05, 0) is 54.3 Å². The highest BCUT2D eigenvalue weighted by atomic mass is 35.5. The second-order valence-electron chi connectivity index (χ2n) is 10.2. The average Bonchev–Trinajstić information content (AvgIpc) is 3.00. The van der Waals surface area contributed by atoms with E-state index in [1.807, 2.05) is 13.8 Å². The Morgan fingerprint density at radius 1 is 0.930 bits per heavy atom. The molecule has 2 amide bonds. The van der Waals surface area contributed by atoms with Gasteiger partial charge in [-0.3, -0.25) is 13.9 Å². The quantitative estimate of drug-likeness (QED) is 0.237. The topological polar surface area (TPSA) is 105 Å². The number of anilines is 1. The molecule has 0 bridgehead atoms. The third-order valence-electron chi connectivity index (χ3n) is 6.67. The Morgan fingerprint density at radius 3 is 2.21 bits per heavy atom. The third kappa shape index (κ3) is 8.55. The number of ether oxygens (including phenoxy) is 2. The zero-order chi connectivity index (χ0) is 31.7. The molecule has 0 aliphatic rings. The first kappa shape index (κ1) is 34.0. The number of sulfonamides is 1. The molecule has 0 radical (unpaired) electrons. The molecular formula is C31H37Cl2N3O6S. The molecule has 43 heavy (non-hydrogen) atoms. The first-order chi connectivity index (χ1) is 20.4. The molecule has 3 aromatic rings. The van der Waals surface area contributed by atoms with Gasteiger partial charge in [-0.2, -0.15) is 0 Å². The predicted octanol–water partition coefficient (Wildman–Crippen LogP) is 5.79. The largest absolute Gasteiger partial charge is 0.497 e. The minimum absolute atomic E-state index is 0.0161. The Bertz CT molecular complexity index is 1520. The van der Waals surface area contributed by atoms with Crippen molar-refractivity contribution >= 4 is 50.7 Å². The summed E-state index contributed by atoms with van der Waals surface area (Å²) in [6.07, 6.45) is 0.283. The lowest BCUT2D eigenvalue weighted by Gasteiger charge is -2.33. The smallest absolute Gasteiger partial charge is 0.264 e. The van der Waals surface area contributed by atoms with E-state index in [0.717, 1.165) is 4.31 Å². The normalized spacial score (nSPS) is 12.0. The van der Waals surface area contributed by atoms with Crippen LogP contribution in [0.2, 0.25) is 10.0 Å². The van der Waals surface area contributed by atoms with Crippen LogP contribution >= 0.6 is 23.2 Å². The van der Waals surface area contributed by atoms with Crippen LogP contribution in [0.1, 0.15) is 32.8 Å². The van der Waals surface area contributed by atoms with Crippen molar-refractivity contribution in [1.82, 2.24) is 10.2 Å². The van der Waals surface area contributed by atoms with Crippen LogP contribution in [0.5, 0.6) is 11.5 Å². The number of halogens is 2. The highest BCUT2D eigenvalue weighted by Crippen LogP contribution is 2.36. The maximum absolute atomic E-state index is 14.3. The number of nitrogens with zero attached hydrogens (tertiary/aromatic N) is 2. The van der Waals surface area contributed by atoms with Crippen LogP contribution in [0.25, 0.3) is 0 Å². The molecule has 12 heteroatoms. The van der Waals surface area contributed by atoms with Gasteiger partial charge in [-0.25, -0.2) is 8.42 Å². The molecular weight excluding hydrogens is 613 g/mol. The first-order valence-corrected chi connectivity index (χ1v) is 15.9. The van der Waals surface area contributed by atoms with Crippen molar-refractivity contribution < 1.29 is 27.5 Å². The summed E-state index contributed by atoms with van der Waals surface area (Å²) in [6, 6.07) is 16.5. The maximum Gasteiger partial charge on any atom is 0.264 e. The fraction of sp³-hybridized carbons (Fsp3) is 0.355. The summed E-state index contributed by atoms with van der Waals surface area (Å²) in [6.45, 7) is 5.49. The van der Waals surface area contributed by atoms with Crippen molar-refractivity contribution in [3.05, 3.63) is 82.3 Å². The molecule has 1 atom stereocenters. The fourth-order valence-corrected chi connectivity index (χ4v) is 6.16. The van der Waals surface area contributed by atoms with Gasteiger partial charge in [0.05, 0.1) is 34.8 Å². The molecule has 0 aliphatic heterocycles. The number of hydrogen-bond donors (Lipinski definition) is 1. The summed E-state index contributed by atoms with van der Waals surface area (Å²) >= 11 is 12.4. The summed E-state index contributed by atoms with van der Waals surface area (Å²) in [5, 5.41) is 3.53. The van der Waals surface area contributed by atoms with Gasteiger partial charge in [0.2, 0.25) is 11.8 Å². The lowest BCUT2D eigenvalue weighted by Crippen LogP contribution is -2.52. The van der Waals surface area contributed by atoms with E-state index in [-0.39, 0.29) is 41.1 Å². The molecule has 232 valence electrons. The lowest BCUT2D eigenvalue weighted by atomic mass is 10.1. The third-order valence-corrected chi connectivity index (χ3v) is 9.19. The van der Waals surface area contributed by atoms with Crippen LogP contribution in [0, 0.1) is 5.92 Å². The number of rotatable bonds is 14. The van der Waals surface area contributed by atoms with E-state index in [1.165, 1.54) is 37.3 Å². The van der Waals surface area contributed by atoms with Crippen LogP contribution in [0.3, 0.4) is 0 Å². The fourth-order valence-electron chi connectivity index (χ4n) is 4.40. The zero-order valence-electron chi connectivity index (χ0n) is 24.8.